The Bertz CT molecular complexity index is 476. The lowest BCUT2D eigenvalue weighted by Crippen LogP contribution is -2.46. The highest BCUT2D eigenvalue weighted by Crippen LogP contribution is 2.11. The summed E-state index contributed by atoms with van der Waals surface area (Å²) in [7, 11) is 0. The largest absolute Gasteiger partial charge is 0.484 e. The van der Waals surface area contributed by atoms with Gasteiger partial charge in [-0.25, -0.2) is 4.39 Å². The molecule has 2 rings (SSSR count). The first-order valence-electron chi connectivity index (χ1n) is 6.60. The molecular weight excluding hydrogens is 263 g/mol. The number of carbonyl (C=O) groups is 2. The predicted molar refractivity (Wildman–Crippen MR) is 70.7 cm³/mol. The van der Waals surface area contributed by atoms with E-state index in [1.807, 2.05) is 0 Å². The van der Waals surface area contributed by atoms with Gasteiger partial charge in [-0.2, -0.15) is 0 Å². The van der Waals surface area contributed by atoms with Gasteiger partial charge in [0.1, 0.15) is 17.6 Å². The SMILES string of the molecule is O=C(COc1ccc(F)cc1)N[C@H]1CCCCNC1=O. The lowest BCUT2D eigenvalue weighted by atomic mass is 10.1. The molecule has 0 bridgehead atoms. The van der Waals surface area contributed by atoms with Gasteiger partial charge in [-0.05, 0) is 43.5 Å². The van der Waals surface area contributed by atoms with Crippen molar-refractivity contribution in [1.82, 2.24) is 10.6 Å². The average Bonchev–Trinajstić information content (AvgIpc) is 2.64. The Morgan fingerprint density at radius 2 is 2.10 bits per heavy atom. The number of rotatable bonds is 4. The highest BCUT2D eigenvalue weighted by Gasteiger charge is 2.22. The van der Waals surface area contributed by atoms with Crippen molar-refractivity contribution >= 4 is 11.8 Å². The number of ether oxygens (including phenoxy) is 1. The lowest BCUT2D eigenvalue weighted by Gasteiger charge is -2.15. The summed E-state index contributed by atoms with van der Waals surface area (Å²) in [5.41, 5.74) is 0. The van der Waals surface area contributed by atoms with E-state index in [1.165, 1.54) is 24.3 Å². The monoisotopic (exact) mass is 280 g/mol. The van der Waals surface area contributed by atoms with E-state index in [0.717, 1.165) is 12.8 Å². The third-order valence-electron chi connectivity index (χ3n) is 3.05. The maximum absolute atomic E-state index is 12.7. The highest BCUT2D eigenvalue weighted by atomic mass is 19.1. The Balaban J connectivity index is 1.79. The van der Waals surface area contributed by atoms with Gasteiger partial charge in [0.2, 0.25) is 5.91 Å². The maximum atomic E-state index is 12.7. The molecule has 1 fully saturated rings. The van der Waals surface area contributed by atoms with Gasteiger partial charge in [0.05, 0.1) is 0 Å². The molecule has 0 spiro atoms. The summed E-state index contributed by atoms with van der Waals surface area (Å²) in [5.74, 6) is -0.474. The number of hydrogen-bond acceptors (Lipinski definition) is 3. The normalized spacial score (nSPS) is 18.9. The Morgan fingerprint density at radius 1 is 1.35 bits per heavy atom. The zero-order chi connectivity index (χ0) is 14.4. The summed E-state index contributed by atoms with van der Waals surface area (Å²) in [5, 5.41) is 5.38. The summed E-state index contributed by atoms with van der Waals surface area (Å²) in [6.45, 7) is 0.451. The molecule has 6 heteroatoms. The summed E-state index contributed by atoms with van der Waals surface area (Å²) < 4.78 is 17.9. The third kappa shape index (κ3) is 4.22. The van der Waals surface area contributed by atoms with Crippen LogP contribution in [-0.4, -0.2) is 31.0 Å². The van der Waals surface area contributed by atoms with Crippen LogP contribution in [0.15, 0.2) is 24.3 Å². The minimum atomic E-state index is -0.498. The molecule has 1 saturated heterocycles. The molecule has 0 aromatic heterocycles. The minimum Gasteiger partial charge on any atom is -0.484 e. The summed E-state index contributed by atoms with van der Waals surface area (Å²) >= 11 is 0. The number of benzene rings is 1. The first kappa shape index (κ1) is 14.3. The molecule has 1 aliphatic rings. The van der Waals surface area contributed by atoms with Crippen molar-refractivity contribution in [2.24, 2.45) is 0 Å². The zero-order valence-corrected chi connectivity index (χ0v) is 11.0. The lowest BCUT2D eigenvalue weighted by molar-refractivity contribution is -0.129. The van der Waals surface area contributed by atoms with Crippen molar-refractivity contribution in [2.75, 3.05) is 13.2 Å². The van der Waals surface area contributed by atoms with Gasteiger partial charge in [0.15, 0.2) is 6.61 Å². The second-order valence-corrected chi connectivity index (χ2v) is 4.65. The van der Waals surface area contributed by atoms with Crippen LogP contribution in [-0.2, 0) is 9.59 Å². The summed E-state index contributed by atoms with van der Waals surface area (Å²) in [4.78, 5) is 23.4. The van der Waals surface area contributed by atoms with Crippen molar-refractivity contribution in [3.63, 3.8) is 0 Å². The van der Waals surface area contributed by atoms with Crippen LogP contribution < -0.4 is 15.4 Å². The van der Waals surface area contributed by atoms with Crippen LogP contribution in [0.4, 0.5) is 4.39 Å². The fourth-order valence-electron chi connectivity index (χ4n) is 1.99. The molecule has 0 radical (unpaired) electrons. The molecule has 108 valence electrons. The van der Waals surface area contributed by atoms with Gasteiger partial charge >= 0.3 is 0 Å². The van der Waals surface area contributed by atoms with Gasteiger partial charge in [0, 0.05) is 6.54 Å². The van der Waals surface area contributed by atoms with E-state index in [4.69, 9.17) is 4.74 Å². The molecule has 2 N–H and O–H groups in total. The second-order valence-electron chi connectivity index (χ2n) is 4.65. The quantitative estimate of drug-likeness (QED) is 0.864. The van der Waals surface area contributed by atoms with Crippen LogP contribution in [0, 0.1) is 5.82 Å². The molecule has 20 heavy (non-hydrogen) atoms. The summed E-state index contributed by atoms with van der Waals surface area (Å²) in [6.07, 6.45) is 2.45. The predicted octanol–water partition coefficient (Wildman–Crippen LogP) is 0.989. The number of amides is 2. The molecule has 0 aliphatic carbocycles. The minimum absolute atomic E-state index is 0.155. The van der Waals surface area contributed by atoms with E-state index >= 15 is 0 Å². The Morgan fingerprint density at radius 3 is 2.85 bits per heavy atom. The van der Waals surface area contributed by atoms with E-state index in [9.17, 15) is 14.0 Å². The zero-order valence-electron chi connectivity index (χ0n) is 11.0. The number of halogens is 1. The molecule has 1 aliphatic heterocycles. The van der Waals surface area contributed by atoms with Gasteiger partial charge in [0.25, 0.3) is 5.91 Å². The van der Waals surface area contributed by atoms with Crippen LogP contribution in [0.2, 0.25) is 0 Å². The van der Waals surface area contributed by atoms with E-state index in [1.54, 1.807) is 0 Å². The van der Waals surface area contributed by atoms with Crippen LogP contribution >= 0.6 is 0 Å². The van der Waals surface area contributed by atoms with Gasteiger partial charge in [-0.15, -0.1) is 0 Å². The third-order valence-corrected chi connectivity index (χ3v) is 3.05. The van der Waals surface area contributed by atoms with Crippen molar-refractivity contribution in [1.29, 1.82) is 0 Å². The Kier molecular flexibility index (Phi) is 4.92. The highest BCUT2D eigenvalue weighted by molar-refractivity contribution is 5.88. The molecule has 1 aromatic rings. The maximum Gasteiger partial charge on any atom is 0.258 e. The number of nitrogens with one attached hydrogen (secondary N) is 2. The van der Waals surface area contributed by atoms with E-state index in [-0.39, 0.29) is 24.2 Å². The van der Waals surface area contributed by atoms with E-state index in [2.05, 4.69) is 10.6 Å². The van der Waals surface area contributed by atoms with Crippen molar-refractivity contribution in [3.8, 4) is 5.75 Å². The fourth-order valence-corrected chi connectivity index (χ4v) is 1.99. The first-order chi connectivity index (χ1) is 9.65. The molecule has 2 amide bonds. The number of hydrogen-bond donors (Lipinski definition) is 2. The smallest absolute Gasteiger partial charge is 0.258 e. The van der Waals surface area contributed by atoms with Gasteiger partial charge in [-0.3, -0.25) is 9.59 Å². The number of carbonyl (C=O) groups excluding carboxylic acids is 2. The molecular formula is C14H17FN2O3. The molecule has 1 aromatic carbocycles. The molecule has 0 saturated carbocycles. The van der Waals surface area contributed by atoms with Crippen molar-refractivity contribution in [2.45, 2.75) is 25.3 Å². The van der Waals surface area contributed by atoms with Gasteiger partial charge < -0.3 is 15.4 Å². The average molecular weight is 280 g/mol. The van der Waals surface area contributed by atoms with E-state index in [0.29, 0.717) is 18.7 Å². The fraction of sp³-hybridized carbons (Fsp3) is 0.429. The van der Waals surface area contributed by atoms with Crippen LogP contribution in [0.1, 0.15) is 19.3 Å². The standard InChI is InChI=1S/C14H17FN2O3/c15-10-4-6-11(7-5-10)20-9-13(18)17-12-3-1-2-8-16-14(12)19/h4-7,12H,1-3,8-9H2,(H,16,19)(H,17,18)/t12-/m0/s1. The van der Waals surface area contributed by atoms with Crippen LogP contribution in [0.3, 0.4) is 0 Å². The van der Waals surface area contributed by atoms with Crippen LogP contribution in [0.5, 0.6) is 5.75 Å². The summed E-state index contributed by atoms with van der Waals surface area (Å²) in [6, 6.07) is 4.90. The second kappa shape index (κ2) is 6.88. The van der Waals surface area contributed by atoms with Crippen LogP contribution in [0.25, 0.3) is 0 Å². The molecule has 0 unspecified atom stereocenters. The van der Waals surface area contributed by atoms with Gasteiger partial charge in [-0.1, -0.05) is 0 Å². The van der Waals surface area contributed by atoms with Crippen molar-refractivity contribution < 1.29 is 18.7 Å². The Hall–Kier alpha value is -2.11. The molecule has 5 nitrogen and oxygen atoms in total. The Labute approximate surface area is 116 Å². The topological polar surface area (TPSA) is 67.4 Å². The van der Waals surface area contributed by atoms with Crippen molar-refractivity contribution in [3.05, 3.63) is 30.1 Å². The van der Waals surface area contributed by atoms with E-state index < -0.39 is 6.04 Å². The first-order valence-corrected chi connectivity index (χ1v) is 6.60. The molecule has 1 heterocycles. The molecule has 1 atom stereocenters.